The maximum absolute atomic E-state index is 12.4. The van der Waals surface area contributed by atoms with Gasteiger partial charge in [-0.2, -0.15) is 0 Å². The first kappa shape index (κ1) is 26.4. The Labute approximate surface area is 170 Å². The lowest BCUT2D eigenvalue weighted by Gasteiger charge is -2.55. The second-order valence-electron chi connectivity index (χ2n) is 10.1. The monoisotopic (exact) mass is 383 g/mol. The van der Waals surface area contributed by atoms with Gasteiger partial charge in [-0.3, -0.25) is 0 Å². The van der Waals surface area contributed by atoms with E-state index in [1.54, 1.807) is 0 Å². The summed E-state index contributed by atoms with van der Waals surface area (Å²) in [5.74, 6) is -0.868. The van der Waals surface area contributed by atoms with Crippen molar-refractivity contribution >= 4 is 5.97 Å². The molecule has 3 nitrogen and oxygen atoms in total. The predicted octanol–water partition coefficient (Wildman–Crippen LogP) is 5.71. The Morgan fingerprint density at radius 3 is 1.48 bits per heavy atom. The van der Waals surface area contributed by atoms with Crippen LogP contribution < -0.4 is 5.11 Å². The number of likely N-dealkylation sites (N-methyl/N-ethyl adjacent to an activating group) is 1. The summed E-state index contributed by atoms with van der Waals surface area (Å²) in [6.45, 7) is 8.70. The fourth-order valence-corrected chi connectivity index (χ4v) is 4.93. The minimum absolute atomic E-state index is 0.278. The standard InChI is InChI=1S/C24H49NO2/c1-8-10-12-13-14-15-16-17-18-19-21-24(22(26)27,25(5,6)7)23(3,4)20-11-9-2/h8-21H2,1-7H3. The second kappa shape index (κ2) is 12.8. The number of hydrogen-bond donors (Lipinski definition) is 0. The number of rotatable bonds is 17. The highest BCUT2D eigenvalue weighted by atomic mass is 16.4. The number of carbonyl (C=O) groups is 1. The lowest BCUT2D eigenvalue weighted by Crippen LogP contribution is -2.72. The van der Waals surface area contributed by atoms with Crippen LogP contribution in [-0.4, -0.2) is 37.1 Å². The molecule has 0 aromatic carbocycles. The minimum atomic E-state index is -0.868. The largest absolute Gasteiger partial charge is 0.544 e. The molecule has 0 saturated heterocycles. The number of quaternary nitrogens is 1. The molecule has 0 N–H and O–H groups in total. The molecule has 0 aromatic rings. The van der Waals surface area contributed by atoms with E-state index in [4.69, 9.17) is 0 Å². The van der Waals surface area contributed by atoms with Crippen LogP contribution in [0, 0.1) is 5.41 Å². The summed E-state index contributed by atoms with van der Waals surface area (Å²) in [5.41, 5.74) is -1.11. The fraction of sp³-hybridized carbons (Fsp3) is 0.958. The van der Waals surface area contributed by atoms with Gasteiger partial charge in [-0.05, 0) is 12.8 Å². The number of carboxylic acids is 1. The molecular weight excluding hydrogens is 334 g/mol. The van der Waals surface area contributed by atoms with Crippen molar-refractivity contribution in [1.82, 2.24) is 0 Å². The first-order valence-corrected chi connectivity index (χ1v) is 11.6. The van der Waals surface area contributed by atoms with Crippen LogP contribution in [-0.2, 0) is 4.79 Å². The average Bonchev–Trinajstić information content (AvgIpc) is 2.56. The summed E-state index contributed by atoms with van der Waals surface area (Å²) in [7, 11) is 6.08. The third-order valence-corrected chi connectivity index (χ3v) is 6.65. The smallest absolute Gasteiger partial charge is 0.144 e. The van der Waals surface area contributed by atoms with Crippen LogP contribution in [0.2, 0.25) is 0 Å². The van der Waals surface area contributed by atoms with E-state index in [1.165, 1.54) is 51.4 Å². The van der Waals surface area contributed by atoms with Gasteiger partial charge in [0.2, 0.25) is 0 Å². The molecule has 0 rings (SSSR count). The Morgan fingerprint density at radius 2 is 1.11 bits per heavy atom. The number of unbranched alkanes of at least 4 members (excludes halogenated alkanes) is 10. The van der Waals surface area contributed by atoms with Crippen molar-refractivity contribution in [3.8, 4) is 0 Å². The van der Waals surface area contributed by atoms with Crippen LogP contribution in [0.1, 0.15) is 118 Å². The van der Waals surface area contributed by atoms with Gasteiger partial charge in [0.25, 0.3) is 0 Å². The highest BCUT2D eigenvalue weighted by molar-refractivity contribution is 5.76. The van der Waals surface area contributed by atoms with Gasteiger partial charge in [0, 0.05) is 11.8 Å². The van der Waals surface area contributed by atoms with E-state index in [2.05, 4.69) is 27.7 Å². The lowest BCUT2D eigenvalue weighted by atomic mass is 9.65. The molecular formula is C24H49NO2. The van der Waals surface area contributed by atoms with E-state index >= 15 is 0 Å². The Bertz CT molecular complexity index is 398. The van der Waals surface area contributed by atoms with Gasteiger partial charge in [0.15, 0.2) is 0 Å². The predicted molar refractivity (Wildman–Crippen MR) is 116 cm³/mol. The summed E-state index contributed by atoms with van der Waals surface area (Å²) in [6, 6.07) is 0. The number of aliphatic carboxylic acids is 1. The highest BCUT2D eigenvalue weighted by Crippen LogP contribution is 2.45. The van der Waals surface area contributed by atoms with Crippen LogP contribution in [0.25, 0.3) is 0 Å². The minimum Gasteiger partial charge on any atom is -0.544 e. The van der Waals surface area contributed by atoms with Crippen molar-refractivity contribution in [2.45, 2.75) is 123 Å². The summed E-state index contributed by atoms with van der Waals surface area (Å²) in [6.07, 6.45) is 16.5. The van der Waals surface area contributed by atoms with Gasteiger partial charge >= 0.3 is 0 Å². The zero-order valence-electron chi connectivity index (χ0n) is 19.7. The molecule has 1 atom stereocenters. The Hall–Kier alpha value is -0.570. The Kier molecular flexibility index (Phi) is 12.5. The molecule has 0 heterocycles. The first-order valence-electron chi connectivity index (χ1n) is 11.6. The third-order valence-electron chi connectivity index (χ3n) is 6.65. The fourth-order valence-electron chi connectivity index (χ4n) is 4.93. The molecule has 0 aliphatic heterocycles. The van der Waals surface area contributed by atoms with E-state index in [9.17, 15) is 9.90 Å². The Morgan fingerprint density at radius 1 is 0.704 bits per heavy atom. The molecule has 0 spiro atoms. The summed E-state index contributed by atoms with van der Waals surface area (Å²) >= 11 is 0. The molecule has 27 heavy (non-hydrogen) atoms. The molecule has 1 unspecified atom stereocenters. The topological polar surface area (TPSA) is 40.1 Å². The van der Waals surface area contributed by atoms with Crippen molar-refractivity contribution in [2.75, 3.05) is 21.1 Å². The molecule has 0 aliphatic rings. The van der Waals surface area contributed by atoms with Crippen molar-refractivity contribution in [2.24, 2.45) is 5.41 Å². The van der Waals surface area contributed by atoms with E-state index in [1.807, 2.05) is 21.1 Å². The third kappa shape index (κ3) is 8.13. The van der Waals surface area contributed by atoms with Crippen LogP contribution in [0.15, 0.2) is 0 Å². The summed E-state index contributed by atoms with van der Waals surface area (Å²) in [4.78, 5) is 12.4. The van der Waals surface area contributed by atoms with Crippen LogP contribution in [0.5, 0.6) is 0 Å². The quantitative estimate of drug-likeness (QED) is 0.238. The molecule has 162 valence electrons. The second-order valence-corrected chi connectivity index (χ2v) is 10.1. The van der Waals surface area contributed by atoms with Gasteiger partial charge in [0.1, 0.15) is 11.5 Å². The molecule has 0 fully saturated rings. The molecule has 0 aliphatic carbocycles. The SMILES string of the molecule is CCCCCCCCCCCCC(C(=O)[O-])(C(C)(C)CCCC)[N+](C)(C)C. The zero-order valence-corrected chi connectivity index (χ0v) is 19.7. The number of hydrogen-bond acceptors (Lipinski definition) is 2. The molecule has 3 heteroatoms. The molecule has 0 saturated carbocycles. The number of carbonyl (C=O) groups excluding carboxylic acids is 1. The van der Waals surface area contributed by atoms with Crippen molar-refractivity contribution < 1.29 is 14.4 Å². The van der Waals surface area contributed by atoms with Gasteiger partial charge in [-0.15, -0.1) is 0 Å². The molecule has 0 radical (unpaired) electrons. The molecule has 0 aromatic heterocycles. The molecule has 0 bridgehead atoms. The number of carboxylic acid groups (broad SMARTS) is 1. The average molecular weight is 384 g/mol. The zero-order chi connectivity index (χ0) is 21.0. The van der Waals surface area contributed by atoms with Crippen LogP contribution in [0.3, 0.4) is 0 Å². The normalized spacial score (nSPS) is 14.9. The van der Waals surface area contributed by atoms with Crippen LogP contribution in [0.4, 0.5) is 0 Å². The summed E-state index contributed by atoms with van der Waals surface area (Å²) < 4.78 is 0.434. The van der Waals surface area contributed by atoms with E-state index in [-0.39, 0.29) is 5.41 Å². The van der Waals surface area contributed by atoms with Crippen LogP contribution >= 0.6 is 0 Å². The number of nitrogens with zero attached hydrogens (tertiary/aromatic N) is 1. The summed E-state index contributed by atoms with van der Waals surface area (Å²) in [5, 5.41) is 12.4. The highest BCUT2D eigenvalue weighted by Gasteiger charge is 2.55. The van der Waals surface area contributed by atoms with Gasteiger partial charge in [-0.25, -0.2) is 0 Å². The van der Waals surface area contributed by atoms with E-state index in [0.29, 0.717) is 10.9 Å². The first-order chi connectivity index (χ1) is 12.6. The maximum atomic E-state index is 12.4. The molecule has 0 amide bonds. The van der Waals surface area contributed by atoms with Crippen molar-refractivity contribution in [1.29, 1.82) is 0 Å². The van der Waals surface area contributed by atoms with Gasteiger partial charge in [-0.1, -0.05) is 98.3 Å². The Balaban J connectivity index is 4.65. The lowest BCUT2D eigenvalue weighted by molar-refractivity contribution is -0.925. The maximum Gasteiger partial charge on any atom is 0.144 e. The van der Waals surface area contributed by atoms with Crippen molar-refractivity contribution in [3.63, 3.8) is 0 Å². The van der Waals surface area contributed by atoms with Crippen molar-refractivity contribution in [3.05, 3.63) is 0 Å². The van der Waals surface area contributed by atoms with E-state index < -0.39 is 11.5 Å². The van der Waals surface area contributed by atoms with Gasteiger partial charge in [0.05, 0.1) is 21.1 Å². The van der Waals surface area contributed by atoms with E-state index in [0.717, 1.165) is 32.1 Å². The van der Waals surface area contributed by atoms with Gasteiger partial charge < -0.3 is 14.4 Å².